The number of primary amides is 1. The molecule has 0 aromatic carbocycles. The molecular formula is C10H19N3OS. The van der Waals surface area contributed by atoms with Crippen molar-refractivity contribution >= 4 is 22.8 Å². The number of hydrogen-bond donors (Lipinski definition) is 2. The van der Waals surface area contributed by atoms with Crippen LogP contribution in [0.1, 0.15) is 33.6 Å². The third kappa shape index (κ3) is 4.55. The lowest BCUT2D eigenvalue weighted by Crippen LogP contribution is -2.37. The van der Waals surface area contributed by atoms with Crippen molar-refractivity contribution in [3.8, 4) is 0 Å². The number of amidine groups is 1. The molecule has 1 aliphatic heterocycles. The Bertz CT molecular complexity index is 267. The van der Waals surface area contributed by atoms with E-state index in [1.807, 2.05) is 6.92 Å². The molecule has 0 aromatic heterocycles. The standard InChI is InChI=1S/C10H19N3OS/c1-6-4-8(3)15-10(12-6)13-7(2)5-9(11)14/h6-8H,4-5H2,1-3H3,(H2,11,14)(H,12,13). The Morgan fingerprint density at radius 3 is 2.93 bits per heavy atom. The van der Waals surface area contributed by atoms with E-state index < -0.39 is 0 Å². The van der Waals surface area contributed by atoms with E-state index in [4.69, 9.17) is 5.73 Å². The van der Waals surface area contributed by atoms with Crippen LogP contribution in [-0.2, 0) is 4.79 Å². The highest BCUT2D eigenvalue weighted by molar-refractivity contribution is 8.14. The fraction of sp³-hybridized carbons (Fsp3) is 0.800. The largest absolute Gasteiger partial charge is 0.370 e. The van der Waals surface area contributed by atoms with Crippen LogP contribution in [0.5, 0.6) is 0 Å². The van der Waals surface area contributed by atoms with E-state index in [0.29, 0.717) is 17.7 Å². The number of rotatable bonds is 3. The summed E-state index contributed by atoms with van der Waals surface area (Å²) < 4.78 is 0. The molecule has 0 saturated carbocycles. The fourth-order valence-corrected chi connectivity index (χ4v) is 2.90. The minimum atomic E-state index is -0.280. The van der Waals surface area contributed by atoms with E-state index in [-0.39, 0.29) is 11.9 Å². The number of amides is 1. The summed E-state index contributed by atoms with van der Waals surface area (Å²) >= 11 is 1.73. The first-order valence-corrected chi connectivity index (χ1v) is 6.14. The summed E-state index contributed by atoms with van der Waals surface area (Å²) in [6.07, 6.45) is 1.46. The zero-order valence-electron chi connectivity index (χ0n) is 9.49. The molecular weight excluding hydrogens is 210 g/mol. The van der Waals surface area contributed by atoms with Crippen molar-refractivity contribution in [2.75, 3.05) is 0 Å². The van der Waals surface area contributed by atoms with Crippen molar-refractivity contribution < 1.29 is 4.79 Å². The molecule has 1 rings (SSSR count). The van der Waals surface area contributed by atoms with Crippen LogP contribution >= 0.6 is 11.8 Å². The van der Waals surface area contributed by atoms with Gasteiger partial charge in [-0.3, -0.25) is 9.79 Å². The molecule has 1 amide bonds. The van der Waals surface area contributed by atoms with Crippen LogP contribution in [0.3, 0.4) is 0 Å². The van der Waals surface area contributed by atoms with E-state index in [1.165, 1.54) is 0 Å². The molecule has 5 heteroatoms. The molecule has 86 valence electrons. The SMILES string of the molecule is CC1CC(C)SC(NC(C)CC(N)=O)=N1. The number of aliphatic imine (C=N–C) groups is 1. The predicted octanol–water partition coefficient (Wildman–Crippen LogP) is 1.11. The van der Waals surface area contributed by atoms with Gasteiger partial charge in [-0.25, -0.2) is 0 Å². The van der Waals surface area contributed by atoms with E-state index in [0.717, 1.165) is 11.6 Å². The lowest BCUT2D eigenvalue weighted by molar-refractivity contribution is -0.118. The predicted molar refractivity (Wildman–Crippen MR) is 65.0 cm³/mol. The monoisotopic (exact) mass is 229 g/mol. The molecule has 3 N–H and O–H groups in total. The Kier molecular flexibility index (Phi) is 4.45. The normalized spacial score (nSPS) is 28.1. The highest BCUT2D eigenvalue weighted by atomic mass is 32.2. The molecule has 0 radical (unpaired) electrons. The van der Waals surface area contributed by atoms with Gasteiger partial charge < -0.3 is 11.1 Å². The minimum Gasteiger partial charge on any atom is -0.370 e. The van der Waals surface area contributed by atoms with Crippen LogP contribution in [0.15, 0.2) is 4.99 Å². The maximum absolute atomic E-state index is 10.7. The topological polar surface area (TPSA) is 67.5 Å². The Labute approximate surface area is 95.1 Å². The number of hydrogen-bond acceptors (Lipinski definition) is 4. The van der Waals surface area contributed by atoms with Gasteiger partial charge in [0.05, 0.1) is 6.04 Å². The van der Waals surface area contributed by atoms with Crippen molar-refractivity contribution in [3.05, 3.63) is 0 Å². The molecule has 0 bridgehead atoms. The van der Waals surface area contributed by atoms with E-state index >= 15 is 0 Å². The smallest absolute Gasteiger partial charge is 0.219 e. The van der Waals surface area contributed by atoms with Crippen molar-refractivity contribution in [2.45, 2.75) is 50.9 Å². The highest BCUT2D eigenvalue weighted by Crippen LogP contribution is 2.24. The van der Waals surface area contributed by atoms with Crippen LogP contribution in [0, 0.1) is 0 Å². The summed E-state index contributed by atoms with van der Waals surface area (Å²) in [5, 5.41) is 4.75. The van der Waals surface area contributed by atoms with Crippen molar-refractivity contribution in [1.29, 1.82) is 0 Å². The molecule has 1 aliphatic rings. The fourth-order valence-electron chi connectivity index (χ4n) is 1.64. The summed E-state index contributed by atoms with van der Waals surface area (Å²) in [5.41, 5.74) is 5.13. The molecule has 0 saturated heterocycles. The third-order valence-electron chi connectivity index (χ3n) is 2.20. The second kappa shape index (κ2) is 5.39. The average Bonchev–Trinajstić information content (AvgIpc) is 1.98. The van der Waals surface area contributed by atoms with Crippen LogP contribution in [-0.4, -0.2) is 28.4 Å². The summed E-state index contributed by atoms with van der Waals surface area (Å²) in [7, 11) is 0. The summed E-state index contributed by atoms with van der Waals surface area (Å²) in [6, 6.07) is 0.427. The second-order valence-electron chi connectivity index (χ2n) is 4.16. The van der Waals surface area contributed by atoms with Gasteiger partial charge in [0, 0.05) is 17.7 Å². The maximum Gasteiger partial charge on any atom is 0.219 e. The second-order valence-corrected chi connectivity index (χ2v) is 5.59. The number of nitrogens with two attached hydrogens (primary N) is 1. The Morgan fingerprint density at radius 2 is 2.40 bits per heavy atom. The van der Waals surface area contributed by atoms with Gasteiger partial charge in [0.25, 0.3) is 0 Å². The Morgan fingerprint density at radius 1 is 1.73 bits per heavy atom. The number of carbonyl (C=O) groups excluding carboxylic acids is 1. The molecule has 0 spiro atoms. The van der Waals surface area contributed by atoms with Gasteiger partial charge >= 0.3 is 0 Å². The summed E-state index contributed by atoms with van der Waals surface area (Å²) in [5.74, 6) is -0.280. The lowest BCUT2D eigenvalue weighted by Gasteiger charge is -2.25. The van der Waals surface area contributed by atoms with Crippen LogP contribution in [0.2, 0.25) is 0 Å². The zero-order valence-corrected chi connectivity index (χ0v) is 10.3. The number of thioether (sulfide) groups is 1. The first-order chi connectivity index (χ1) is 6.97. The van der Waals surface area contributed by atoms with Crippen molar-refractivity contribution in [3.63, 3.8) is 0 Å². The Hall–Kier alpha value is -0.710. The zero-order chi connectivity index (χ0) is 11.4. The summed E-state index contributed by atoms with van der Waals surface area (Å²) in [4.78, 5) is 15.2. The number of nitrogens with zero attached hydrogens (tertiary/aromatic N) is 1. The van der Waals surface area contributed by atoms with Gasteiger partial charge in [0.2, 0.25) is 5.91 Å². The summed E-state index contributed by atoms with van der Waals surface area (Å²) in [6.45, 7) is 6.24. The maximum atomic E-state index is 10.7. The first-order valence-electron chi connectivity index (χ1n) is 5.26. The third-order valence-corrected chi connectivity index (χ3v) is 3.24. The van der Waals surface area contributed by atoms with Crippen LogP contribution < -0.4 is 11.1 Å². The van der Waals surface area contributed by atoms with Crippen molar-refractivity contribution in [2.24, 2.45) is 10.7 Å². The molecule has 0 fully saturated rings. The molecule has 3 atom stereocenters. The Balaban J connectivity index is 2.46. The van der Waals surface area contributed by atoms with Gasteiger partial charge in [-0.2, -0.15) is 0 Å². The van der Waals surface area contributed by atoms with Crippen LogP contribution in [0.4, 0.5) is 0 Å². The lowest BCUT2D eigenvalue weighted by atomic mass is 10.2. The van der Waals surface area contributed by atoms with Gasteiger partial charge in [0.15, 0.2) is 5.17 Å². The minimum absolute atomic E-state index is 0.0613. The van der Waals surface area contributed by atoms with Crippen molar-refractivity contribution in [1.82, 2.24) is 5.32 Å². The first kappa shape index (κ1) is 12.4. The quantitative estimate of drug-likeness (QED) is 0.762. The molecule has 0 aliphatic carbocycles. The molecule has 0 aromatic rings. The van der Waals surface area contributed by atoms with Gasteiger partial charge in [-0.15, -0.1) is 0 Å². The van der Waals surface area contributed by atoms with E-state index in [2.05, 4.69) is 24.2 Å². The van der Waals surface area contributed by atoms with Gasteiger partial charge in [-0.1, -0.05) is 18.7 Å². The van der Waals surface area contributed by atoms with Gasteiger partial charge in [-0.05, 0) is 20.3 Å². The van der Waals surface area contributed by atoms with E-state index in [1.54, 1.807) is 11.8 Å². The highest BCUT2D eigenvalue weighted by Gasteiger charge is 2.19. The average molecular weight is 229 g/mol. The molecule has 15 heavy (non-hydrogen) atoms. The van der Waals surface area contributed by atoms with Crippen LogP contribution in [0.25, 0.3) is 0 Å². The number of carbonyl (C=O) groups is 1. The number of nitrogens with one attached hydrogen (secondary N) is 1. The van der Waals surface area contributed by atoms with E-state index in [9.17, 15) is 4.79 Å². The van der Waals surface area contributed by atoms with Gasteiger partial charge in [0.1, 0.15) is 0 Å². The molecule has 4 nitrogen and oxygen atoms in total. The molecule has 1 heterocycles. The molecule has 3 unspecified atom stereocenters.